The van der Waals surface area contributed by atoms with E-state index >= 15 is 0 Å². The van der Waals surface area contributed by atoms with Gasteiger partial charge in [0, 0.05) is 13.1 Å². The molecule has 0 unspecified atom stereocenters. The molecule has 16 heavy (non-hydrogen) atoms. The normalized spacial score (nSPS) is 20.4. The predicted octanol–water partition coefficient (Wildman–Crippen LogP) is 2.40. The number of hydrogen-bond donors (Lipinski definition) is 1. The minimum atomic E-state index is -4.09. The number of rotatable bonds is 4. The molecule has 0 saturated carbocycles. The van der Waals surface area contributed by atoms with Crippen molar-refractivity contribution in [3.8, 4) is 0 Å². The van der Waals surface area contributed by atoms with Crippen molar-refractivity contribution in [1.29, 1.82) is 0 Å². The van der Waals surface area contributed by atoms with E-state index in [4.69, 9.17) is 0 Å². The summed E-state index contributed by atoms with van der Waals surface area (Å²) in [6.45, 7) is 2.36. The number of alkyl halides is 3. The van der Waals surface area contributed by atoms with E-state index < -0.39 is 12.7 Å². The molecule has 0 radical (unpaired) electrons. The Hall–Kier alpha value is -0.290. The van der Waals surface area contributed by atoms with Gasteiger partial charge in [0.2, 0.25) is 0 Å². The van der Waals surface area contributed by atoms with E-state index in [9.17, 15) is 13.2 Å². The summed E-state index contributed by atoms with van der Waals surface area (Å²) in [5.74, 6) is 0. The highest BCUT2D eigenvalue weighted by molar-refractivity contribution is 4.64. The third-order valence-corrected chi connectivity index (χ3v) is 2.88. The van der Waals surface area contributed by atoms with Crippen molar-refractivity contribution < 1.29 is 13.2 Å². The molecule has 0 aliphatic carbocycles. The molecule has 0 atom stereocenters. The lowest BCUT2D eigenvalue weighted by molar-refractivity contribution is -0.124. The van der Waals surface area contributed by atoms with Crippen molar-refractivity contribution in [3.05, 3.63) is 0 Å². The maximum atomic E-state index is 11.9. The van der Waals surface area contributed by atoms with Gasteiger partial charge in [-0.1, -0.05) is 19.3 Å². The first-order chi connectivity index (χ1) is 7.58. The zero-order chi connectivity index (χ0) is 11.9. The first kappa shape index (κ1) is 13.8. The Balaban J connectivity index is 2.06. The van der Waals surface area contributed by atoms with Gasteiger partial charge < -0.3 is 10.2 Å². The van der Waals surface area contributed by atoms with Crippen LogP contribution < -0.4 is 5.32 Å². The lowest BCUT2D eigenvalue weighted by Gasteiger charge is -2.24. The van der Waals surface area contributed by atoms with Crippen LogP contribution in [0, 0.1) is 0 Å². The fourth-order valence-electron chi connectivity index (χ4n) is 2.00. The Kier molecular flexibility index (Phi) is 6.13. The van der Waals surface area contributed by atoms with Crippen LogP contribution in [0.2, 0.25) is 0 Å². The smallest absolute Gasteiger partial charge is 0.307 e. The van der Waals surface area contributed by atoms with Crippen LogP contribution >= 0.6 is 0 Å². The van der Waals surface area contributed by atoms with Crippen LogP contribution in [0.15, 0.2) is 0 Å². The average Bonchev–Trinajstić information content (AvgIpc) is 2.13. The van der Waals surface area contributed by atoms with Gasteiger partial charge in [-0.15, -0.1) is 0 Å². The Bertz CT molecular complexity index is 175. The Morgan fingerprint density at radius 3 is 2.06 bits per heavy atom. The highest BCUT2D eigenvalue weighted by Gasteiger charge is 2.26. The van der Waals surface area contributed by atoms with Crippen molar-refractivity contribution in [1.82, 2.24) is 10.2 Å². The molecule has 0 aromatic rings. The quantitative estimate of drug-likeness (QED) is 0.757. The van der Waals surface area contributed by atoms with Gasteiger partial charge in [-0.05, 0) is 25.9 Å². The Labute approximate surface area is 95.2 Å². The van der Waals surface area contributed by atoms with Crippen LogP contribution in [0.25, 0.3) is 0 Å². The summed E-state index contributed by atoms with van der Waals surface area (Å²) in [5, 5.41) is 2.44. The summed E-state index contributed by atoms with van der Waals surface area (Å²) in [6.07, 6.45) is 2.09. The predicted molar refractivity (Wildman–Crippen MR) is 58.4 cm³/mol. The fourth-order valence-corrected chi connectivity index (χ4v) is 2.00. The second-order valence-corrected chi connectivity index (χ2v) is 4.40. The lowest BCUT2D eigenvalue weighted by Crippen LogP contribution is -2.37. The van der Waals surface area contributed by atoms with Gasteiger partial charge in [0.05, 0.1) is 6.54 Å². The zero-order valence-corrected chi connectivity index (χ0v) is 9.65. The van der Waals surface area contributed by atoms with E-state index in [-0.39, 0.29) is 0 Å². The Morgan fingerprint density at radius 2 is 1.50 bits per heavy atom. The maximum Gasteiger partial charge on any atom is 0.401 e. The van der Waals surface area contributed by atoms with Crippen molar-refractivity contribution in [2.24, 2.45) is 0 Å². The summed E-state index contributed by atoms with van der Waals surface area (Å²) in [4.78, 5) is 2.27. The van der Waals surface area contributed by atoms with Crippen molar-refractivity contribution in [2.45, 2.75) is 38.3 Å². The highest BCUT2D eigenvalue weighted by atomic mass is 19.4. The summed E-state index contributed by atoms with van der Waals surface area (Å²) >= 11 is 0. The lowest BCUT2D eigenvalue weighted by atomic mass is 10.1. The minimum absolute atomic E-state index is 0.430. The molecule has 2 nitrogen and oxygen atoms in total. The van der Waals surface area contributed by atoms with Crippen LogP contribution in [0.5, 0.6) is 0 Å². The summed E-state index contributed by atoms with van der Waals surface area (Å²) < 4.78 is 35.6. The van der Waals surface area contributed by atoms with Crippen LogP contribution in [0.4, 0.5) is 13.2 Å². The molecule has 1 N–H and O–H groups in total. The second-order valence-electron chi connectivity index (χ2n) is 4.40. The molecular weight excluding hydrogens is 217 g/mol. The third kappa shape index (κ3) is 7.06. The molecule has 1 aliphatic rings. The number of nitrogens with zero attached hydrogens (tertiary/aromatic N) is 1. The van der Waals surface area contributed by atoms with Gasteiger partial charge in [0.15, 0.2) is 0 Å². The molecule has 0 bridgehead atoms. The SMILES string of the molecule is FC(F)(F)CNCCN1CCCCCCC1. The van der Waals surface area contributed by atoms with Gasteiger partial charge in [0.1, 0.15) is 0 Å². The molecule has 96 valence electrons. The molecule has 0 aromatic carbocycles. The maximum absolute atomic E-state index is 11.9. The van der Waals surface area contributed by atoms with Crippen molar-refractivity contribution in [2.75, 3.05) is 32.7 Å². The first-order valence-corrected chi connectivity index (χ1v) is 6.08. The molecule has 0 spiro atoms. The average molecular weight is 238 g/mol. The number of nitrogens with one attached hydrogen (secondary N) is 1. The van der Waals surface area contributed by atoms with Gasteiger partial charge in [-0.3, -0.25) is 0 Å². The molecule has 1 aliphatic heterocycles. The van der Waals surface area contributed by atoms with Gasteiger partial charge in [-0.25, -0.2) is 0 Å². The van der Waals surface area contributed by atoms with Crippen LogP contribution in [-0.2, 0) is 0 Å². The van der Waals surface area contributed by atoms with Gasteiger partial charge in [0.25, 0.3) is 0 Å². The number of likely N-dealkylation sites (tertiary alicyclic amines) is 1. The van der Waals surface area contributed by atoms with E-state index in [1.165, 1.54) is 32.1 Å². The van der Waals surface area contributed by atoms with E-state index in [1.54, 1.807) is 0 Å². The molecule has 1 fully saturated rings. The molecule has 1 saturated heterocycles. The van der Waals surface area contributed by atoms with Crippen molar-refractivity contribution >= 4 is 0 Å². The zero-order valence-electron chi connectivity index (χ0n) is 9.65. The summed E-state index contributed by atoms with van der Waals surface area (Å²) in [6, 6.07) is 0. The summed E-state index contributed by atoms with van der Waals surface area (Å²) in [5.41, 5.74) is 0. The largest absolute Gasteiger partial charge is 0.401 e. The standard InChI is InChI=1S/C11H21F3N2/c12-11(13,14)10-15-6-9-16-7-4-2-1-3-5-8-16/h15H,1-10H2. The second kappa shape index (κ2) is 7.12. The monoisotopic (exact) mass is 238 g/mol. The number of halogens is 3. The van der Waals surface area contributed by atoms with Crippen LogP contribution in [0.1, 0.15) is 32.1 Å². The van der Waals surface area contributed by atoms with E-state index in [0.717, 1.165) is 19.6 Å². The fraction of sp³-hybridized carbons (Fsp3) is 1.00. The molecule has 1 rings (SSSR count). The molecule has 0 amide bonds. The van der Waals surface area contributed by atoms with Crippen molar-refractivity contribution in [3.63, 3.8) is 0 Å². The minimum Gasteiger partial charge on any atom is -0.307 e. The third-order valence-electron chi connectivity index (χ3n) is 2.88. The van der Waals surface area contributed by atoms with Crippen LogP contribution in [0.3, 0.4) is 0 Å². The van der Waals surface area contributed by atoms with Gasteiger partial charge in [-0.2, -0.15) is 13.2 Å². The molecular formula is C11H21F3N2. The molecule has 5 heteroatoms. The molecule has 0 aromatic heterocycles. The highest BCUT2D eigenvalue weighted by Crippen LogP contribution is 2.12. The van der Waals surface area contributed by atoms with E-state index in [0.29, 0.717) is 6.54 Å². The number of hydrogen-bond acceptors (Lipinski definition) is 2. The first-order valence-electron chi connectivity index (χ1n) is 6.08. The van der Waals surface area contributed by atoms with Crippen LogP contribution in [-0.4, -0.2) is 43.8 Å². The van der Waals surface area contributed by atoms with E-state index in [2.05, 4.69) is 10.2 Å². The molecule has 1 heterocycles. The summed E-state index contributed by atoms with van der Waals surface area (Å²) in [7, 11) is 0. The van der Waals surface area contributed by atoms with E-state index in [1.807, 2.05) is 0 Å². The Morgan fingerprint density at radius 1 is 0.938 bits per heavy atom. The topological polar surface area (TPSA) is 15.3 Å². The van der Waals surface area contributed by atoms with Gasteiger partial charge >= 0.3 is 6.18 Å².